The molecule has 4 unspecified atom stereocenters. The number of aromatic carboxylic acids is 4. The summed E-state index contributed by atoms with van der Waals surface area (Å²) >= 11 is 0. The first-order chi connectivity index (χ1) is 29.0. The molecular weight excluding hydrogens is 826 g/mol. The molecule has 0 spiro atoms. The summed E-state index contributed by atoms with van der Waals surface area (Å²) < 4.78 is 0. The fourth-order valence-electron chi connectivity index (χ4n) is 8.43. The van der Waals surface area contributed by atoms with Gasteiger partial charge in [-0.05, 0) is 106 Å². The molecule has 0 fully saturated rings. The van der Waals surface area contributed by atoms with E-state index in [2.05, 4.69) is 19.9 Å². The number of aromatic nitrogens is 4. The molecule has 0 saturated carbocycles. The zero-order valence-electron chi connectivity index (χ0n) is 32.2. The van der Waals surface area contributed by atoms with Crippen LogP contribution in [0, 0.1) is 0 Å². The molecule has 0 aliphatic carbocycles. The number of carbonyl (C=O) groups excluding carboxylic acids is 2. The van der Waals surface area contributed by atoms with E-state index in [0.29, 0.717) is 0 Å². The summed E-state index contributed by atoms with van der Waals surface area (Å²) in [6.45, 7) is 0. The summed E-state index contributed by atoms with van der Waals surface area (Å²) in [4.78, 5) is 61.9. The van der Waals surface area contributed by atoms with E-state index in [0.717, 1.165) is 67.8 Å². The van der Waals surface area contributed by atoms with Crippen LogP contribution in [-0.4, -0.2) is 54.0 Å². The molecule has 4 aromatic carbocycles. The normalized spacial score (nSPS) is 16.9. The molecular formula is C48H34N4O8Zn. The molecule has 12 nitrogen and oxygen atoms in total. The first kappa shape index (κ1) is 40.3. The van der Waals surface area contributed by atoms with Crippen LogP contribution >= 0.6 is 0 Å². The number of rotatable bonds is 8. The molecule has 0 amide bonds. The maximum atomic E-state index is 11.8. The molecule has 1 aliphatic heterocycles. The molecule has 296 valence electrons. The molecule has 8 aromatic rings. The number of carboxylic acids is 4. The Morgan fingerprint density at radius 3 is 0.672 bits per heavy atom. The second kappa shape index (κ2) is 16.3. The van der Waals surface area contributed by atoms with Crippen molar-refractivity contribution in [1.29, 1.82) is 0 Å². The van der Waals surface area contributed by atoms with Gasteiger partial charge in [-0.2, -0.15) is 0 Å². The zero-order chi connectivity index (χ0) is 41.7. The van der Waals surface area contributed by atoms with Crippen molar-refractivity contribution < 1.29 is 59.1 Å². The largest absolute Gasteiger partial charge is 2.00 e. The number of H-pyrrole nitrogens is 4. The minimum atomic E-state index is -1.29. The molecule has 0 saturated heterocycles. The quantitative estimate of drug-likeness (QED) is 0.0971. The summed E-state index contributed by atoms with van der Waals surface area (Å²) in [5.41, 5.74) is 9.95. The predicted octanol–water partition coefficient (Wildman–Crippen LogP) is 6.15. The van der Waals surface area contributed by atoms with Crippen molar-refractivity contribution in [3.63, 3.8) is 0 Å². The SMILES string of the molecule is O=C([O-])c1ccc(C2c3ccc([nH]3)C(c3ccc(C(=O)[O-])cc3)c3ccc([nH]3)C(c3ccc(C(=O)O)cc3)c3ccc([nH]3)C(c3ccc(C(=O)O)cc3)c3ccc2[nH]3)cc1.[Zn+2]. The van der Waals surface area contributed by atoms with Crippen LogP contribution in [0.2, 0.25) is 0 Å². The summed E-state index contributed by atoms with van der Waals surface area (Å²) in [6, 6.07) is 42.4. The van der Waals surface area contributed by atoms with Gasteiger partial charge >= 0.3 is 31.4 Å². The average molecular weight is 860 g/mol. The van der Waals surface area contributed by atoms with Crippen LogP contribution in [0.25, 0.3) is 0 Å². The molecule has 4 atom stereocenters. The summed E-state index contributed by atoms with van der Waals surface area (Å²) in [5, 5.41) is 42.9. The van der Waals surface area contributed by atoms with Gasteiger partial charge in [-0.3, -0.25) is 0 Å². The van der Waals surface area contributed by atoms with Crippen LogP contribution in [0.1, 0.15) is 133 Å². The monoisotopic (exact) mass is 858 g/mol. The fraction of sp³-hybridized carbons (Fsp3) is 0.0833. The Kier molecular flexibility index (Phi) is 10.8. The zero-order valence-corrected chi connectivity index (χ0v) is 35.2. The van der Waals surface area contributed by atoms with Crippen molar-refractivity contribution in [1.82, 2.24) is 19.9 Å². The van der Waals surface area contributed by atoms with E-state index in [1.165, 1.54) is 24.3 Å². The summed E-state index contributed by atoms with van der Waals surface area (Å²) in [5.74, 6) is -6.39. The van der Waals surface area contributed by atoms with Crippen LogP contribution in [0.5, 0.6) is 0 Å². The first-order valence-corrected chi connectivity index (χ1v) is 19.1. The van der Waals surface area contributed by atoms with Crippen LogP contribution < -0.4 is 10.2 Å². The molecule has 8 bridgehead atoms. The van der Waals surface area contributed by atoms with Gasteiger partial charge < -0.3 is 50.0 Å². The Balaban J connectivity index is 0.00000514. The number of benzene rings is 4. The second-order valence-corrected chi connectivity index (χ2v) is 14.9. The van der Waals surface area contributed by atoms with Gasteiger partial charge in [0.25, 0.3) is 0 Å². The number of aromatic amines is 4. The van der Waals surface area contributed by atoms with Gasteiger partial charge in [-0.1, -0.05) is 72.8 Å². The van der Waals surface area contributed by atoms with Crippen LogP contribution in [0.4, 0.5) is 0 Å². The maximum absolute atomic E-state index is 11.8. The molecule has 13 heteroatoms. The molecule has 5 heterocycles. The number of hydrogen-bond donors (Lipinski definition) is 6. The fourth-order valence-corrected chi connectivity index (χ4v) is 8.43. The van der Waals surface area contributed by atoms with E-state index in [1.54, 1.807) is 72.8 Å². The number of carboxylic acid groups (broad SMARTS) is 4. The molecule has 61 heavy (non-hydrogen) atoms. The Morgan fingerprint density at radius 2 is 0.508 bits per heavy atom. The van der Waals surface area contributed by atoms with E-state index in [-0.39, 0.29) is 41.7 Å². The average Bonchev–Trinajstić information content (AvgIpc) is 4.10. The van der Waals surface area contributed by atoms with Gasteiger partial charge in [0.1, 0.15) is 0 Å². The van der Waals surface area contributed by atoms with Gasteiger partial charge in [-0.15, -0.1) is 0 Å². The van der Waals surface area contributed by atoms with Crippen molar-refractivity contribution in [3.05, 3.63) is 236 Å². The number of nitrogens with one attached hydrogen (secondary N) is 4. The summed E-state index contributed by atoms with van der Waals surface area (Å²) in [7, 11) is 0. The van der Waals surface area contributed by atoms with Crippen molar-refractivity contribution in [2.24, 2.45) is 0 Å². The van der Waals surface area contributed by atoms with Crippen LogP contribution in [0.3, 0.4) is 0 Å². The van der Waals surface area contributed by atoms with Gasteiger partial charge in [0.15, 0.2) is 0 Å². The minimum Gasteiger partial charge on any atom is -0.545 e. The van der Waals surface area contributed by atoms with Crippen molar-refractivity contribution in [2.45, 2.75) is 23.7 Å². The standard InChI is InChI=1S/C48H36N4O8.Zn/c53-45(54)29-9-1-25(2-10-29)41-33-17-19-35(49-33)42(26-3-11-30(12-4-26)46(55)56)37-21-23-39(51-37)44(28-7-15-32(16-8-28)48(59)60)40-24-22-38(52-40)43(36-20-18-34(41)50-36)27-5-13-31(14-6-27)47(57)58;/h1-24,41-44,49-52H,(H,53,54)(H,55,56)(H,57,58)(H,59,60);/q;+2/p-2. The van der Waals surface area contributed by atoms with Crippen molar-refractivity contribution in [2.75, 3.05) is 0 Å². The van der Waals surface area contributed by atoms with Gasteiger partial charge in [0, 0.05) is 45.6 Å². The van der Waals surface area contributed by atoms with Gasteiger partial charge in [-0.25, -0.2) is 9.59 Å². The summed E-state index contributed by atoms with van der Waals surface area (Å²) in [6.07, 6.45) is 0. The Bertz CT molecular complexity index is 2430. The molecule has 9 rings (SSSR count). The minimum absolute atomic E-state index is 0. The molecule has 4 aromatic heterocycles. The van der Waals surface area contributed by atoms with E-state index in [4.69, 9.17) is 0 Å². The third kappa shape index (κ3) is 7.63. The number of carbonyl (C=O) groups is 4. The predicted molar refractivity (Wildman–Crippen MR) is 215 cm³/mol. The van der Waals surface area contributed by atoms with E-state index < -0.39 is 47.5 Å². The molecule has 0 radical (unpaired) electrons. The molecule has 6 N–H and O–H groups in total. The Hall–Kier alpha value is -7.50. The van der Waals surface area contributed by atoms with Crippen LogP contribution in [-0.2, 0) is 19.5 Å². The second-order valence-electron chi connectivity index (χ2n) is 14.9. The number of fused-ring (bicyclic) bond motifs is 8. The van der Waals surface area contributed by atoms with Gasteiger partial charge in [0.2, 0.25) is 0 Å². The van der Waals surface area contributed by atoms with E-state index >= 15 is 0 Å². The van der Waals surface area contributed by atoms with E-state index in [9.17, 15) is 39.6 Å². The third-order valence-corrected chi connectivity index (χ3v) is 11.4. The number of hydrogen-bond acceptors (Lipinski definition) is 6. The van der Waals surface area contributed by atoms with Crippen molar-refractivity contribution in [3.8, 4) is 0 Å². The third-order valence-electron chi connectivity index (χ3n) is 11.4. The first-order valence-electron chi connectivity index (χ1n) is 19.1. The molecule has 1 aliphatic rings. The van der Waals surface area contributed by atoms with Crippen LogP contribution in [0.15, 0.2) is 146 Å². The van der Waals surface area contributed by atoms with E-state index in [1.807, 2.05) is 48.5 Å². The Labute approximate surface area is 360 Å². The van der Waals surface area contributed by atoms with Crippen molar-refractivity contribution >= 4 is 23.9 Å². The maximum Gasteiger partial charge on any atom is 2.00 e. The van der Waals surface area contributed by atoms with Gasteiger partial charge in [0.05, 0.1) is 46.7 Å². The Morgan fingerprint density at radius 1 is 0.328 bits per heavy atom. The topological polar surface area (TPSA) is 218 Å². The smallest absolute Gasteiger partial charge is 0.545 e.